The molecule has 0 aliphatic carbocycles. The first-order valence-electron chi connectivity index (χ1n) is 10.6. The molecule has 172 valence electrons. The summed E-state index contributed by atoms with van der Waals surface area (Å²) in [6.45, 7) is 4.64. The van der Waals surface area contributed by atoms with Gasteiger partial charge in [-0.25, -0.2) is 0 Å². The first-order chi connectivity index (χ1) is 15.8. The molecule has 3 aromatic rings. The molecule has 2 aromatic carbocycles. The van der Waals surface area contributed by atoms with Crippen molar-refractivity contribution < 1.29 is 13.2 Å². The number of aryl methyl sites for hydroxylation is 1. The maximum Gasteiger partial charge on any atom is 0.416 e. The van der Waals surface area contributed by atoms with Crippen molar-refractivity contribution in [1.29, 1.82) is 5.26 Å². The van der Waals surface area contributed by atoms with Gasteiger partial charge in [-0.3, -0.25) is 4.90 Å². The SMILES string of the molecule is Cc1ccsc1CN1CC[C@H](N(Cc2ccccc2C(F)(F)F)c2ccc(C#N)c(Cl)c2)C1. The van der Waals surface area contributed by atoms with Crippen molar-refractivity contribution >= 4 is 28.6 Å². The molecule has 0 unspecified atom stereocenters. The summed E-state index contributed by atoms with van der Waals surface area (Å²) in [7, 11) is 0. The fourth-order valence-electron chi connectivity index (χ4n) is 4.30. The van der Waals surface area contributed by atoms with Gasteiger partial charge in [0.15, 0.2) is 0 Å². The van der Waals surface area contributed by atoms with E-state index in [1.165, 1.54) is 22.6 Å². The molecule has 0 saturated carbocycles. The van der Waals surface area contributed by atoms with Crippen LogP contribution in [0.2, 0.25) is 5.02 Å². The van der Waals surface area contributed by atoms with Crippen molar-refractivity contribution in [2.75, 3.05) is 18.0 Å². The summed E-state index contributed by atoms with van der Waals surface area (Å²) in [4.78, 5) is 5.65. The molecule has 4 rings (SSSR count). The van der Waals surface area contributed by atoms with Gasteiger partial charge in [-0.1, -0.05) is 29.8 Å². The molecule has 8 heteroatoms. The number of nitriles is 1. The molecule has 0 N–H and O–H groups in total. The van der Waals surface area contributed by atoms with Crippen molar-refractivity contribution in [2.45, 2.75) is 38.7 Å². The maximum atomic E-state index is 13.7. The highest BCUT2D eigenvalue weighted by Crippen LogP contribution is 2.35. The van der Waals surface area contributed by atoms with E-state index in [1.54, 1.807) is 35.6 Å². The zero-order valence-corrected chi connectivity index (χ0v) is 19.6. The standard InChI is InChI=1S/C25H23ClF3N3S/c1-17-9-11-33-24(17)16-31-10-8-21(15-31)32(20-7-6-18(13-30)23(26)12-20)14-19-4-2-3-5-22(19)25(27,28)29/h2-7,9,11-12,21H,8,10,14-16H2,1H3/t21-/m0/s1. The van der Waals surface area contributed by atoms with Gasteiger partial charge in [-0.2, -0.15) is 18.4 Å². The highest BCUT2D eigenvalue weighted by Gasteiger charge is 2.35. The molecule has 0 spiro atoms. The van der Waals surface area contributed by atoms with Crippen LogP contribution in [0.4, 0.5) is 18.9 Å². The van der Waals surface area contributed by atoms with Crippen LogP contribution in [0.3, 0.4) is 0 Å². The van der Waals surface area contributed by atoms with Crippen LogP contribution in [0.1, 0.15) is 33.6 Å². The molecule has 1 aliphatic heterocycles. The second kappa shape index (κ2) is 9.76. The van der Waals surface area contributed by atoms with E-state index in [1.807, 2.05) is 11.0 Å². The third-order valence-electron chi connectivity index (χ3n) is 6.09. The van der Waals surface area contributed by atoms with Gasteiger partial charge in [-0.15, -0.1) is 11.3 Å². The normalized spacial score (nSPS) is 16.7. The molecule has 0 bridgehead atoms. The Morgan fingerprint density at radius 2 is 2.00 bits per heavy atom. The Hall–Kier alpha value is -2.53. The van der Waals surface area contributed by atoms with Crippen molar-refractivity contribution in [1.82, 2.24) is 4.90 Å². The molecule has 1 aromatic heterocycles. The number of anilines is 1. The van der Waals surface area contributed by atoms with Crippen LogP contribution in [-0.4, -0.2) is 24.0 Å². The summed E-state index contributed by atoms with van der Waals surface area (Å²) in [6, 6.07) is 15.0. The monoisotopic (exact) mass is 489 g/mol. The number of alkyl halides is 3. The van der Waals surface area contributed by atoms with E-state index in [9.17, 15) is 18.4 Å². The number of hydrogen-bond acceptors (Lipinski definition) is 4. The Balaban J connectivity index is 1.64. The Bertz CT molecular complexity index is 1170. The minimum absolute atomic E-state index is 0.0237. The van der Waals surface area contributed by atoms with Crippen LogP contribution in [0.15, 0.2) is 53.9 Å². The quantitative estimate of drug-likeness (QED) is 0.378. The summed E-state index contributed by atoms with van der Waals surface area (Å²) in [5.41, 5.74) is 1.92. The number of rotatable bonds is 6. The van der Waals surface area contributed by atoms with Crippen LogP contribution in [0, 0.1) is 18.3 Å². The Kier molecular flexibility index (Phi) is 6.99. The van der Waals surface area contributed by atoms with Crippen molar-refractivity contribution in [2.24, 2.45) is 0 Å². The highest BCUT2D eigenvalue weighted by atomic mass is 35.5. The van der Waals surface area contributed by atoms with E-state index in [4.69, 9.17) is 11.6 Å². The highest BCUT2D eigenvalue weighted by molar-refractivity contribution is 7.10. The van der Waals surface area contributed by atoms with Crippen molar-refractivity contribution in [3.05, 3.63) is 86.1 Å². The van der Waals surface area contributed by atoms with Crippen molar-refractivity contribution in [3.8, 4) is 6.07 Å². The molecule has 0 amide bonds. The topological polar surface area (TPSA) is 30.3 Å². The van der Waals surface area contributed by atoms with Gasteiger partial charge >= 0.3 is 6.18 Å². The molecule has 1 atom stereocenters. The summed E-state index contributed by atoms with van der Waals surface area (Å²) in [5.74, 6) is 0. The molecular formula is C25H23ClF3N3S. The number of thiophene rings is 1. The predicted molar refractivity (Wildman–Crippen MR) is 127 cm³/mol. The molecular weight excluding hydrogens is 467 g/mol. The molecule has 1 aliphatic rings. The van der Waals surface area contributed by atoms with E-state index in [-0.39, 0.29) is 18.2 Å². The van der Waals surface area contributed by atoms with Crippen LogP contribution < -0.4 is 4.90 Å². The smallest absolute Gasteiger partial charge is 0.363 e. The van der Waals surface area contributed by atoms with E-state index >= 15 is 0 Å². The summed E-state index contributed by atoms with van der Waals surface area (Å²) < 4.78 is 41.0. The van der Waals surface area contributed by atoms with E-state index in [0.717, 1.165) is 37.8 Å². The molecule has 1 saturated heterocycles. The Morgan fingerprint density at radius 3 is 2.67 bits per heavy atom. The number of benzene rings is 2. The fraction of sp³-hybridized carbons (Fsp3) is 0.320. The van der Waals surface area contributed by atoms with Crippen LogP contribution in [-0.2, 0) is 19.3 Å². The van der Waals surface area contributed by atoms with E-state index < -0.39 is 11.7 Å². The zero-order chi connectivity index (χ0) is 23.6. The lowest BCUT2D eigenvalue weighted by Crippen LogP contribution is -2.37. The van der Waals surface area contributed by atoms with Gasteiger partial charge < -0.3 is 4.90 Å². The number of likely N-dealkylation sites (tertiary alicyclic amines) is 1. The lowest BCUT2D eigenvalue weighted by atomic mass is 10.0. The number of halogens is 4. The Morgan fingerprint density at radius 1 is 1.21 bits per heavy atom. The van der Waals surface area contributed by atoms with E-state index in [0.29, 0.717) is 10.6 Å². The average Bonchev–Trinajstić information content (AvgIpc) is 3.41. The van der Waals surface area contributed by atoms with Gasteiger partial charge in [0.25, 0.3) is 0 Å². The molecule has 2 heterocycles. The van der Waals surface area contributed by atoms with Gasteiger partial charge in [0.1, 0.15) is 6.07 Å². The second-order valence-electron chi connectivity index (χ2n) is 8.26. The van der Waals surface area contributed by atoms with Crippen LogP contribution in [0.5, 0.6) is 0 Å². The largest absolute Gasteiger partial charge is 0.416 e. The number of hydrogen-bond donors (Lipinski definition) is 0. The average molecular weight is 490 g/mol. The fourth-order valence-corrected chi connectivity index (χ4v) is 5.47. The molecule has 1 fully saturated rings. The lowest BCUT2D eigenvalue weighted by Gasteiger charge is -2.32. The number of nitrogens with zero attached hydrogens (tertiary/aromatic N) is 3. The van der Waals surface area contributed by atoms with Crippen molar-refractivity contribution in [3.63, 3.8) is 0 Å². The lowest BCUT2D eigenvalue weighted by molar-refractivity contribution is -0.138. The third-order valence-corrected chi connectivity index (χ3v) is 7.41. The zero-order valence-electron chi connectivity index (χ0n) is 18.1. The minimum Gasteiger partial charge on any atom is -0.363 e. The second-order valence-corrected chi connectivity index (χ2v) is 9.67. The predicted octanol–water partition coefficient (Wildman–Crippen LogP) is 6.88. The van der Waals surface area contributed by atoms with Gasteiger partial charge in [-0.05, 0) is 60.2 Å². The van der Waals surface area contributed by atoms with Gasteiger partial charge in [0.05, 0.1) is 16.1 Å². The minimum atomic E-state index is -4.43. The van der Waals surface area contributed by atoms with Crippen LogP contribution in [0.25, 0.3) is 0 Å². The molecule has 3 nitrogen and oxygen atoms in total. The first kappa shape index (κ1) is 23.6. The molecule has 0 radical (unpaired) electrons. The first-order valence-corrected chi connectivity index (χ1v) is 11.9. The van der Waals surface area contributed by atoms with Gasteiger partial charge in [0.2, 0.25) is 0 Å². The maximum absolute atomic E-state index is 13.7. The summed E-state index contributed by atoms with van der Waals surface area (Å²) in [5, 5.41) is 11.6. The van der Waals surface area contributed by atoms with E-state index in [2.05, 4.69) is 23.3 Å². The summed E-state index contributed by atoms with van der Waals surface area (Å²) >= 11 is 8.02. The summed E-state index contributed by atoms with van der Waals surface area (Å²) in [6.07, 6.45) is -3.60. The molecule has 33 heavy (non-hydrogen) atoms. The third kappa shape index (κ3) is 5.35. The Labute approximate surface area is 200 Å². The van der Waals surface area contributed by atoms with Crippen LogP contribution >= 0.6 is 22.9 Å². The van der Waals surface area contributed by atoms with Gasteiger partial charge in [0, 0.05) is 42.8 Å².